The highest BCUT2D eigenvalue weighted by Crippen LogP contribution is 2.16. The summed E-state index contributed by atoms with van der Waals surface area (Å²) in [5.74, 6) is 0.977. The largest absolute Gasteiger partial charge is 0.472 e. The fourth-order valence-electron chi connectivity index (χ4n) is 2.39. The number of hydrogen-bond donors (Lipinski definition) is 2. The van der Waals surface area contributed by atoms with Crippen LogP contribution in [0.15, 0.2) is 47.6 Å². The smallest absolute Gasteiger partial charge is 0.213 e. The van der Waals surface area contributed by atoms with E-state index >= 15 is 0 Å². The number of benzene rings is 1. The summed E-state index contributed by atoms with van der Waals surface area (Å²) in [6, 6.07) is 11.8. The number of nitrogens with zero attached hydrogens (tertiary/aromatic N) is 2. The summed E-state index contributed by atoms with van der Waals surface area (Å²) in [7, 11) is 0. The Balaban J connectivity index is 1.57. The monoisotopic (exact) mass is 326 g/mol. The molecular formula is C18H22N4O2. The predicted molar refractivity (Wildman–Crippen MR) is 94.2 cm³/mol. The number of aryl methyl sites for hydroxylation is 1. The third-order valence-corrected chi connectivity index (χ3v) is 3.73. The molecule has 6 nitrogen and oxygen atoms in total. The van der Waals surface area contributed by atoms with Crippen LogP contribution in [0.4, 0.5) is 5.69 Å². The predicted octanol–water partition coefficient (Wildman–Crippen LogP) is 2.48. The number of anilines is 1. The average Bonchev–Trinajstić information content (AvgIpc) is 3.08. The van der Waals surface area contributed by atoms with Crippen LogP contribution in [0.2, 0.25) is 0 Å². The second kappa shape index (κ2) is 7.79. The van der Waals surface area contributed by atoms with Gasteiger partial charge in [-0.2, -0.15) is 0 Å². The van der Waals surface area contributed by atoms with Crippen LogP contribution in [0.25, 0.3) is 0 Å². The van der Waals surface area contributed by atoms with Crippen LogP contribution in [0, 0.1) is 6.92 Å². The summed E-state index contributed by atoms with van der Waals surface area (Å²) in [4.78, 5) is 8.59. The molecule has 1 aliphatic heterocycles. The topological polar surface area (TPSA) is 81.8 Å². The van der Waals surface area contributed by atoms with Gasteiger partial charge in [-0.05, 0) is 30.7 Å². The van der Waals surface area contributed by atoms with E-state index in [0.717, 1.165) is 24.3 Å². The lowest BCUT2D eigenvalue weighted by atomic mass is 10.2. The summed E-state index contributed by atoms with van der Waals surface area (Å²) < 4.78 is 11.1. The van der Waals surface area contributed by atoms with Gasteiger partial charge in [-0.3, -0.25) is 0 Å². The Morgan fingerprint density at radius 3 is 2.96 bits per heavy atom. The van der Waals surface area contributed by atoms with Crippen LogP contribution >= 0.6 is 0 Å². The number of guanidine groups is 1. The van der Waals surface area contributed by atoms with Gasteiger partial charge in [0.2, 0.25) is 5.88 Å². The number of nitrogens with one attached hydrogen (secondary N) is 1. The molecule has 0 aliphatic carbocycles. The zero-order chi connectivity index (χ0) is 16.8. The van der Waals surface area contributed by atoms with Gasteiger partial charge in [0.25, 0.3) is 0 Å². The zero-order valence-corrected chi connectivity index (χ0v) is 13.7. The van der Waals surface area contributed by atoms with Gasteiger partial charge in [0.15, 0.2) is 5.96 Å². The van der Waals surface area contributed by atoms with Crippen LogP contribution in [-0.4, -0.2) is 30.3 Å². The first kappa shape index (κ1) is 16.3. The molecule has 24 heavy (non-hydrogen) atoms. The molecule has 6 heteroatoms. The molecule has 0 spiro atoms. The van der Waals surface area contributed by atoms with Crippen molar-refractivity contribution in [3.8, 4) is 5.88 Å². The summed E-state index contributed by atoms with van der Waals surface area (Å²) in [5, 5.41) is 3.08. The number of ether oxygens (including phenoxy) is 2. The first-order valence-electron chi connectivity index (χ1n) is 8.02. The fourth-order valence-corrected chi connectivity index (χ4v) is 2.39. The van der Waals surface area contributed by atoms with Gasteiger partial charge in [-0.15, -0.1) is 0 Å². The molecule has 3 N–H and O–H groups in total. The van der Waals surface area contributed by atoms with E-state index in [2.05, 4.69) is 15.3 Å². The molecule has 0 saturated carbocycles. The molecule has 0 amide bonds. The highest BCUT2D eigenvalue weighted by atomic mass is 16.5. The van der Waals surface area contributed by atoms with E-state index < -0.39 is 0 Å². The Hall–Kier alpha value is -2.60. The van der Waals surface area contributed by atoms with Crippen molar-refractivity contribution in [1.29, 1.82) is 0 Å². The summed E-state index contributed by atoms with van der Waals surface area (Å²) >= 11 is 0. The highest BCUT2D eigenvalue weighted by molar-refractivity contribution is 5.92. The molecule has 1 unspecified atom stereocenters. The SMILES string of the molecule is Cc1ccc(NC(N)=NCc2ccnc(OC3CCOC3)c2)cc1. The van der Waals surface area contributed by atoms with Crippen molar-refractivity contribution >= 4 is 11.6 Å². The third kappa shape index (κ3) is 4.70. The lowest BCUT2D eigenvalue weighted by molar-refractivity contribution is 0.138. The number of aromatic nitrogens is 1. The van der Waals surface area contributed by atoms with Gasteiger partial charge in [-0.1, -0.05) is 17.7 Å². The molecule has 1 aromatic heterocycles. The zero-order valence-electron chi connectivity index (χ0n) is 13.7. The van der Waals surface area contributed by atoms with E-state index in [1.165, 1.54) is 5.56 Å². The minimum Gasteiger partial charge on any atom is -0.472 e. The first-order valence-corrected chi connectivity index (χ1v) is 8.02. The Morgan fingerprint density at radius 1 is 1.38 bits per heavy atom. The lowest BCUT2D eigenvalue weighted by Gasteiger charge is -2.11. The molecule has 2 aromatic rings. The molecule has 1 saturated heterocycles. The normalized spacial score (nSPS) is 17.7. The molecule has 0 bridgehead atoms. The lowest BCUT2D eigenvalue weighted by Crippen LogP contribution is -2.22. The van der Waals surface area contributed by atoms with Gasteiger partial charge < -0.3 is 20.5 Å². The molecule has 2 heterocycles. The average molecular weight is 326 g/mol. The fraction of sp³-hybridized carbons (Fsp3) is 0.333. The van der Waals surface area contributed by atoms with Gasteiger partial charge in [0.1, 0.15) is 6.10 Å². The van der Waals surface area contributed by atoms with E-state index in [1.54, 1.807) is 6.20 Å². The van der Waals surface area contributed by atoms with Crippen molar-refractivity contribution in [1.82, 2.24) is 4.98 Å². The molecular weight excluding hydrogens is 304 g/mol. The number of pyridine rings is 1. The first-order chi connectivity index (χ1) is 11.7. The number of nitrogens with two attached hydrogens (primary N) is 1. The maximum atomic E-state index is 5.94. The van der Waals surface area contributed by atoms with Crippen molar-refractivity contribution in [2.75, 3.05) is 18.5 Å². The van der Waals surface area contributed by atoms with Crippen molar-refractivity contribution in [2.45, 2.75) is 26.0 Å². The van der Waals surface area contributed by atoms with E-state index in [0.29, 0.717) is 25.0 Å². The molecule has 1 fully saturated rings. The quantitative estimate of drug-likeness (QED) is 0.651. The van der Waals surface area contributed by atoms with E-state index in [-0.39, 0.29) is 6.10 Å². The van der Waals surface area contributed by atoms with Crippen molar-refractivity contribution in [3.63, 3.8) is 0 Å². The van der Waals surface area contributed by atoms with Crippen LogP contribution in [0.1, 0.15) is 17.5 Å². The molecule has 0 radical (unpaired) electrons. The van der Waals surface area contributed by atoms with Gasteiger partial charge >= 0.3 is 0 Å². The maximum Gasteiger partial charge on any atom is 0.213 e. The van der Waals surface area contributed by atoms with Crippen LogP contribution < -0.4 is 15.8 Å². The van der Waals surface area contributed by atoms with Crippen LogP contribution in [0.5, 0.6) is 5.88 Å². The molecule has 3 rings (SSSR count). The number of hydrogen-bond acceptors (Lipinski definition) is 4. The van der Waals surface area contributed by atoms with Crippen LogP contribution in [-0.2, 0) is 11.3 Å². The Kier molecular flexibility index (Phi) is 5.28. The van der Waals surface area contributed by atoms with Crippen molar-refractivity contribution < 1.29 is 9.47 Å². The van der Waals surface area contributed by atoms with E-state index in [4.69, 9.17) is 15.2 Å². The van der Waals surface area contributed by atoms with Gasteiger partial charge in [-0.25, -0.2) is 9.98 Å². The Labute approximate surface area is 141 Å². The van der Waals surface area contributed by atoms with Crippen molar-refractivity contribution in [3.05, 3.63) is 53.7 Å². The van der Waals surface area contributed by atoms with Gasteiger partial charge in [0.05, 0.1) is 19.8 Å². The van der Waals surface area contributed by atoms with E-state index in [9.17, 15) is 0 Å². The second-order valence-corrected chi connectivity index (χ2v) is 5.80. The Bertz CT molecular complexity index is 694. The molecule has 126 valence electrons. The second-order valence-electron chi connectivity index (χ2n) is 5.80. The Morgan fingerprint density at radius 2 is 2.21 bits per heavy atom. The minimum atomic E-state index is 0.0875. The summed E-state index contributed by atoms with van der Waals surface area (Å²) in [5.41, 5.74) is 9.05. The maximum absolute atomic E-state index is 5.94. The molecule has 1 aliphatic rings. The standard InChI is InChI=1S/C18H22N4O2/c1-13-2-4-15(5-3-13)22-18(19)21-11-14-6-8-20-17(10-14)24-16-7-9-23-12-16/h2-6,8,10,16H,7,9,11-12H2,1H3,(H3,19,21,22). The summed E-state index contributed by atoms with van der Waals surface area (Å²) in [6.07, 6.45) is 2.71. The molecule has 1 aromatic carbocycles. The van der Waals surface area contributed by atoms with E-state index in [1.807, 2.05) is 43.3 Å². The van der Waals surface area contributed by atoms with Crippen molar-refractivity contribution in [2.24, 2.45) is 10.7 Å². The summed E-state index contributed by atoms with van der Waals surface area (Å²) in [6.45, 7) is 3.88. The third-order valence-electron chi connectivity index (χ3n) is 3.73. The number of aliphatic imine (C=N–C) groups is 1. The molecule has 1 atom stereocenters. The minimum absolute atomic E-state index is 0.0875. The number of rotatable bonds is 5. The highest BCUT2D eigenvalue weighted by Gasteiger charge is 2.17. The van der Waals surface area contributed by atoms with Gasteiger partial charge in [0, 0.05) is 24.4 Å². The van der Waals surface area contributed by atoms with Crippen LogP contribution in [0.3, 0.4) is 0 Å².